The quantitative estimate of drug-likeness (QED) is 0.767. The number of morpholine rings is 1. The molecule has 0 radical (unpaired) electrons. The van der Waals surface area contributed by atoms with E-state index in [-0.39, 0.29) is 11.9 Å². The number of aromatic nitrogens is 1. The molecule has 1 amide bonds. The predicted octanol–water partition coefficient (Wildman–Crippen LogP) is 0.560. The highest BCUT2D eigenvalue weighted by atomic mass is 16.5. The fourth-order valence-corrected chi connectivity index (χ4v) is 2.41. The summed E-state index contributed by atoms with van der Waals surface area (Å²) in [5, 5.41) is 0. The Labute approximate surface area is 125 Å². The smallest absolute Gasteiger partial charge is 0.236 e. The SMILES string of the molecule is COC[C@@H](c1ccccn1)N(C)CC(=O)N1CCOCC1. The van der Waals surface area contributed by atoms with Crippen molar-refractivity contribution in [3.8, 4) is 0 Å². The highest BCUT2D eigenvalue weighted by molar-refractivity contribution is 5.78. The van der Waals surface area contributed by atoms with Crippen LogP contribution in [0.1, 0.15) is 11.7 Å². The van der Waals surface area contributed by atoms with Gasteiger partial charge in [-0.3, -0.25) is 14.7 Å². The van der Waals surface area contributed by atoms with E-state index in [1.165, 1.54) is 0 Å². The van der Waals surface area contributed by atoms with Crippen LogP contribution in [0.15, 0.2) is 24.4 Å². The van der Waals surface area contributed by atoms with Crippen LogP contribution in [0.2, 0.25) is 0 Å². The number of ether oxygens (including phenoxy) is 2. The van der Waals surface area contributed by atoms with Crippen LogP contribution in [0, 0.1) is 0 Å². The maximum Gasteiger partial charge on any atom is 0.236 e. The van der Waals surface area contributed by atoms with Crippen molar-refractivity contribution < 1.29 is 14.3 Å². The van der Waals surface area contributed by atoms with Gasteiger partial charge in [-0.15, -0.1) is 0 Å². The topological polar surface area (TPSA) is 54.9 Å². The Hall–Kier alpha value is -1.50. The summed E-state index contributed by atoms with van der Waals surface area (Å²) in [5.74, 6) is 0.123. The molecule has 0 bridgehead atoms. The molecule has 0 aromatic carbocycles. The van der Waals surface area contributed by atoms with E-state index >= 15 is 0 Å². The van der Waals surface area contributed by atoms with Crippen LogP contribution in [0.5, 0.6) is 0 Å². The second kappa shape index (κ2) is 8.07. The lowest BCUT2D eigenvalue weighted by molar-refractivity contribution is -0.137. The Balaban J connectivity index is 1.98. The summed E-state index contributed by atoms with van der Waals surface area (Å²) in [6.45, 7) is 3.44. The standard InChI is InChI=1S/C15H23N3O3/c1-17(11-15(19)18-7-9-21-10-8-18)14(12-20-2)13-5-3-4-6-16-13/h3-6,14H,7-12H2,1-2H3/t14-/m0/s1. The number of nitrogens with zero attached hydrogens (tertiary/aromatic N) is 3. The van der Waals surface area contributed by atoms with Crippen molar-refractivity contribution in [2.75, 3.05) is 53.6 Å². The zero-order chi connectivity index (χ0) is 15.1. The Morgan fingerprint density at radius 3 is 2.86 bits per heavy atom. The van der Waals surface area contributed by atoms with Gasteiger partial charge in [-0.2, -0.15) is 0 Å². The molecule has 0 spiro atoms. The van der Waals surface area contributed by atoms with Crippen molar-refractivity contribution in [2.45, 2.75) is 6.04 Å². The van der Waals surface area contributed by atoms with Crippen LogP contribution in [-0.2, 0) is 14.3 Å². The van der Waals surface area contributed by atoms with Crippen molar-refractivity contribution in [1.29, 1.82) is 0 Å². The third-order valence-corrected chi connectivity index (χ3v) is 3.63. The van der Waals surface area contributed by atoms with E-state index in [1.807, 2.05) is 35.0 Å². The number of hydrogen-bond donors (Lipinski definition) is 0. The average Bonchev–Trinajstić information content (AvgIpc) is 2.54. The molecule has 0 saturated carbocycles. The summed E-state index contributed by atoms with van der Waals surface area (Å²) < 4.78 is 10.6. The van der Waals surface area contributed by atoms with E-state index in [9.17, 15) is 4.79 Å². The molecule has 6 heteroatoms. The number of rotatable bonds is 6. The maximum absolute atomic E-state index is 12.3. The Kier molecular flexibility index (Phi) is 6.10. The van der Waals surface area contributed by atoms with E-state index < -0.39 is 0 Å². The maximum atomic E-state index is 12.3. The molecule has 0 N–H and O–H groups in total. The molecular formula is C15H23N3O3. The molecular weight excluding hydrogens is 270 g/mol. The summed E-state index contributed by atoms with van der Waals surface area (Å²) in [5.41, 5.74) is 0.914. The Morgan fingerprint density at radius 2 is 2.24 bits per heavy atom. The molecule has 116 valence electrons. The van der Waals surface area contributed by atoms with E-state index in [0.29, 0.717) is 39.5 Å². The molecule has 2 heterocycles. The number of carbonyl (C=O) groups is 1. The largest absolute Gasteiger partial charge is 0.383 e. The molecule has 1 aromatic heterocycles. The predicted molar refractivity (Wildman–Crippen MR) is 78.9 cm³/mol. The summed E-state index contributed by atoms with van der Waals surface area (Å²) in [6, 6.07) is 5.76. The number of methoxy groups -OCH3 is 1. The van der Waals surface area contributed by atoms with Crippen LogP contribution in [0.4, 0.5) is 0 Å². The number of amides is 1. The Bertz CT molecular complexity index is 435. The number of carbonyl (C=O) groups excluding carboxylic acids is 1. The number of hydrogen-bond acceptors (Lipinski definition) is 5. The van der Waals surface area contributed by atoms with Crippen LogP contribution >= 0.6 is 0 Å². The van der Waals surface area contributed by atoms with Crippen molar-refractivity contribution in [3.63, 3.8) is 0 Å². The first-order valence-electron chi connectivity index (χ1n) is 7.18. The van der Waals surface area contributed by atoms with Crippen molar-refractivity contribution in [3.05, 3.63) is 30.1 Å². The van der Waals surface area contributed by atoms with Crippen molar-refractivity contribution >= 4 is 5.91 Å². The first-order chi connectivity index (χ1) is 10.2. The molecule has 1 atom stereocenters. The highest BCUT2D eigenvalue weighted by Gasteiger charge is 2.23. The monoisotopic (exact) mass is 293 g/mol. The third-order valence-electron chi connectivity index (χ3n) is 3.63. The lowest BCUT2D eigenvalue weighted by Crippen LogP contribution is -2.46. The average molecular weight is 293 g/mol. The van der Waals surface area contributed by atoms with Crippen LogP contribution < -0.4 is 0 Å². The van der Waals surface area contributed by atoms with Gasteiger partial charge < -0.3 is 14.4 Å². The molecule has 6 nitrogen and oxygen atoms in total. The van der Waals surface area contributed by atoms with E-state index in [0.717, 1.165) is 5.69 Å². The fraction of sp³-hybridized carbons (Fsp3) is 0.600. The molecule has 1 aromatic rings. The van der Waals surface area contributed by atoms with E-state index in [1.54, 1.807) is 13.3 Å². The van der Waals surface area contributed by atoms with Crippen molar-refractivity contribution in [2.24, 2.45) is 0 Å². The minimum absolute atomic E-state index is 0.0267. The van der Waals surface area contributed by atoms with Gasteiger partial charge in [0.25, 0.3) is 0 Å². The fourth-order valence-electron chi connectivity index (χ4n) is 2.41. The van der Waals surface area contributed by atoms with Gasteiger partial charge in [0.05, 0.1) is 38.1 Å². The van der Waals surface area contributed by atoms with E-state index in [4.69, 9.17) is 9.47 Å². The lowest BCUT2D eigenvalue weighted by Gasteiger charge is -2.31. The third kappa shape index (κ3) is 4.49. The van der Waals surface area contributed by atoms with Gasteiger partial charge in [-0.05, 0) is 19.2 Å². The summed E-state index contributed by atoms with van der Waals surface area (Å²) in [6.07, 6.45) is 1.76. The zero-order valence-electron chi connectivity index (χ0n) is 12.7. The van der Waals surface area contributed by atoms with Crippen LogP contribution in [0.25, 0.3) is 0 Å². The normalized spacial score (nSPS) is 17.0. The van der Waals surface area contributed by atoms with Gasteiger partial charge in [0.1, 0.15) is 0 Å². The number of pyridine rings is 1. The minimum atomic E-state index is -0.0267. The Morgan fingerprint density at radius 1 is 1.48 bits per heavy atom. The number of likely N-dealkylation sites (N-methyl/N-ethyl adjacent to an activating group) is 1. The molecule has 1 aliphatic rings. The first-order valence-corrected chi connectivity index (χ1v) is 7.18. The van der Waals surface area contributed by atoms with Gasteiger partial charge in [0.15, 0.2) is 0 Å². The molecule has 21 heavy (non-hydrogen) atoms. The summed E-state index contributed by atoms with van der Waals surface area (Å²) >= 11 is 0. The zero-order valence-corrected chi connectivity index (χ0v) is 12.7. The lowest BCUT2D eigenvalue weighted by atomic mass is 10.1. The summed E-state index contributed by atoms with van der Waals surface area (Å²) in [4.78, 5) is 20.5. The molecule has 0 unspecified atom stereocenters. The minimum Gasteiger partial charge on any atom is -0.383 e. The second-order valence-corrected chi connectivity index (χ2v) is 5.13. The van der Waals surface area contributed by atoms with Gasteiger partial charge in [0.2, 0.25) is 5.91 Å². The van der Waals surface area contributed by atoms with Crippen molar-refractivity contribution in [1.82, 2.24) is 14.8 Å². The second-order valence-electron chi connectivity index (χ2n) is 5.13. The van der Waals surface area contributed by atoms with E-state index in [2.05, 4.69) is 4.98 Å². The summed E-state index contributed by atoms with van der Waals surface area (Å²) in [7, 11) is 3.59. The van der Waals surface area contributed by atoms with Gasteiger partial charge >= 0.3 is 0 Å². The first kappa shape index (κ1) is 15.9. The van der Waals surface area contributed by atoms with Gasteiger partial charge in [0, 0.05) is 26.4 Å². The van der Waals surface area contributed by atoms with Crippen LogP contribution in [-0.4, -0.2) is 74.3 Å². The molecule has 1 saturated heterocycles. The van der Waals surface area contributed by atoms with Gasteiger partial charge in [-0.25, -0.2) is 0 Å². The molecule has 0 aliphatic carbocycles. The molecule has 2 rings (SSSR count). The van der Waals surface area contributed by atoms with Gasteiger partial charge in [-0.1, -0.05) is 6.07 Å². The van der Waals surface area contributed by atoms with Crippen LogP contribution in [0.3, 0.4) is 0 Å². The molecule has 1 fully saturated rings. The highest BCUT2D eigenvalue weighted by Crippen LogP contribution is 2.17. The molecule has 1 aliphatic heterocycles.